The van der Waals surface area contributed by atoms with Crippen molar-refractivity contribution in [2.75, 3.05) is 20.3 Å². The van der Waals surface area contributed by atoms with Crippen molar-refractivity contribution in [2.45, 2.75) is 108 Å². The van der Waals surface area contributed by atoms with Gasteiger partial charge in [0.1, 0.15) is 23.4 Å². The van der Waals surface area contributed by atoms with Crippen LogP contribution >= 0.6 is 0 Å². The number of carbonyl (C=O) groups is 5. The molecule has 11 unspecified atom stereocenters. The van der Waals surface area contributed by atoms with Crippen LogP contribution in [0.3, 0.4) is 0 Å². The van der Waals surface area contributed by atoms with Gasteiger partial charge >= 0.3 is 17.9 Å². The summed E-state index contributed by atoms with van der Waals surface area (Å²) in [5.74, 6) is -5.05. The van der Waals surface area contributed by atoms with Gasteiger partial charge in [-0.25, -0.2) is 9.59 Å². The molecule has 14 nitrogen and oxygen atoms in total. The van der Waals surface area contributed by atoms with Gasteiger partial charge in [0.25, 0.3) is 5.91 Å². The third-order valence-corrected chi connectivity index (χ3v) is 13.8. The van der Waals surface area contributed by atoms with Crippen molar-refractivity contribution in [3.8, 4) is 0 Å². The predicted octanol–water partition coefficient (Wildman–Crippen LogP) is 4.86. The summed E-state index contributed by atoms with van der Waals surface area (Å²) in [4.78, 5) is 71.2. The topological polar surface area (TPSA) is 193 Å². The SMILES string of the molecule is CCOC12COC1CC(O)C1(C)C(=O)C(OC(C)=O)C3=C(C)C(OC(=O)C(OC)C(NC(=O)c4ccccc4)c4ccccc4)CC(O)(C(OC(=O)c4ccccc4)C21)C3(C)C. The van der Waals surface area contributed by atoms with Crippen LogP contribution in [0.25, 0.3) is 0 Å². The molecule has 1 saturated heterocycles. The summed E-state index contributed by atoms with van der Waals surface area (Å²) in [5.41, 5.74) is -5.58. The number of fused-ring (bicyclic) bond motifs is 5. The van der Waals surface area contributed by atoms with E-state index in [9.17, 15) is 29.4 Å². The third kappa shape index (κ3) is 7.34. The Morgan fingerprint density at radius 1 is 0.887 bits per heavy atom. The minimum Gasteiger partial charge on any atom is -0.456 e. The zero-order chi connectivity index (χ0) is 44.8. The number of aliphatic hydroxyl groups excluding tert-OH is 1. The zero-order valence-electron chi connectivity index (χ0n) is 36.0. The molecule has 1 heterocycles. The number of hydrogen-bond acceptors (Lipinski definition) is 13. The van der Waals surface area contributed by atoms with Crippen molar-refractivity contribution in [3.63, 3.8) is 0 Å². The van der Waals surface area contributed by atoms with Gasteiger partial charge in [-0.15, -0.1) is 0 Å². The molecular formula is C48H55NO13. The van der Waals surface area contributed by atoms with E-state index in [4.69, 9.17) is 28.4 Å². The summed E-state index contributed by atoms with van der Waals surface area (Å²) in [6, 6.07) is 24.3. The minimum absolute atomic E-state index is 0.0350. The van der Waals surface area contributed by atoms with Gasteiger partial charge in [0, 0.05) is 50.4 Å². The fourth-order valence-corrected chi connectivity index (χ4v) is 10.5. The van der Waals surface area contributed by atoms with E-state index in [2.05, 4.69) is 5.32 Å². The molecule has 330 valence electrons. The number of carbonyl (C=O) groups excluding carboxylic acids is 5. The highest BCUT2D eigenvalue weighted by atomic mass is 16.6. The number of ether oxygens (including phenoxy) is 6. The van der Waals surface area contributed by atoms with Crippen LogP contribution in [0.5, 0.6) is 0 Å². The maximum Gasteiger partial charge on any atom is 0.338 e. The van der Waals surface area contributed by atoms with Crippen LogP contribution in [0.15, 0.2) is 102 Å². The highest BCUT2D eigenvalue weighted by molar-refractivity contribution is 5.96. The monoisotopic (exact) mass is 853 g/mol. The summed E-state index contributed by atoms with van der Waals surface area (Å²) in [5, 5.41) is 28.8. The van der Waals surface area contributed by atoms with Crippen molar-refractivity contribution in [1.82, 2.24) is 5.32 Å². The van der Waals surface area contributed by atoms with Crippen LogP contribution in [-0.4, -0.2) is 108 Å². The second-order valence-electron chi connectivity index (χ2n) is 17.4. The summed E-state index contributed by atoms with van der Waals surface area (Å²) in [6.45, 7) is 9.45. The molecule has 7 rings (SSSR count). The molecular weight excluding hydrogens is 799 g/mol. The Bertz CT molecular complexity index is 2210. The smallest absolute Gasteiger partial charge is 0.338 e. The Kier molecular flexibility index (Phi) is 12.4. The first kappa shape index (κ1) is 44.8. The highest BCUT2D eigenvalue weighted by Gasteiger charge is 2.77. The second kappa shape index (κ2) is 17.1. The maximum atomic E-state index is 15.6. The maximum absolute atomic E-state index is 15.6. The van der Waals surface area contributed by atoms with Crippen LogP contribution in [-0.2, 0) is 42.8 Å². The van der Waals surface area contributed by atoms with Gasteiger partial charge in [-0.05, 0) is 61.7 Å². The highest BCUT2D eigenvalue weighted by Crippen LogP contribution is 2.64. The van der Waals surface area contributed by atoms with E-state index < -0.39 is 107 Å². The lowest BCUT2D eigenvalue weighted by Gasteiger charge is -2.68. The van der Waals surface area contributed by atoms with E-state index in [0.29, 0.717) is 11.1 Å². The van der Waals surface area contributed by atoms with Crippen LogP contribution < -0.4 is 5.32 Å². The lowest BCUT2D eigenvalue weighted by atomic mass is 9.44. The molecule has 11 atom stereocenters. The third-order valence-electron chi connectivity index (χ3n) is 13.8. The normalized spacial score (nSPS) is 32.0. The minimum atomic E-state index is -2.23. The van der Waals surface area contributed by atoms with Gasteiger partial charge in [0.2, 0.25) is 0 Å². The molecule has 3 fully saturated rings. The molecule has 3 N–H and O–H groups in total. The number of nitrogens with one attached hydrogen (secondary N) is 1. The standard InChI is InChI=1S/C48H55NO13/c1-8-59-47-26-58-34(47)24-33(51)46(6)39(47)41(62-43(54)31-22-16-11-17-23-31)48(56)25-32(27(2)35(45(48,4)5)37(40(46)52)60-28(3)50)61-44(55)38(57-7)36(29-18-12-9-13-19-29)49-42(53)30-20-14-10-15-21-30/h9-23,32-34,36-39,41,51,56H,8,24-26H2,1-7H3,(H,49,53). The van der Waals surface area contributed by atoms with E-state index in [1.54, 1.807) is 119 Å². The van der Waals surface area contributed by atoms with E-state index in [1.165, 1.54) is 14.0 Å². The summed E-state index contributed by atoms with van der Waals surface area (Å²) in [6.07, 6.45) is -8.74. The average molecular weight is 854 g/mol. The molecule has 4 aliphatic rings. The molecule has 3 aromatic rings. The number of Topliss-reactive ketones (excluding diaryl/α,β-unsaturated/α-hetero) is 1. The van der Waals surface area contributed by atoms with Gasteiger partial charge in [-0.1, -0.05) is 80.6 Å². The van der Waals surface area contributed by atoms with Crippen molar-refractivity contribution < 1.29 is 62.6 Å². The van der Waals surface area contributed by atoms with E-state index in [1.807, 2.05) is 0 Å². The number of rotatable bonds is 12. The Morgan fingerprint density at radius 2 is 1.48 bits per heavy atom. The fraction of sp³-hybridized carbons (Fsp3) is 0.479. The largest absolute Gasteiger partial charge is 0.456 e. The van der Waals surface area contributed by atoms with Gasteiger partial charge in [-0.3, -0.25) is 14.4 Å². The molecule has 0 spiro atoms. The quantitative estimate of drug-likeness (QED) is 0.127. The van der Waals surface area contributed by atoms with Crippen molar-refractivity contribution >= 4 is 29.6 Å². The summed E-state index contributed by atoms with van der Waals surface area (Å²) >= 11 is 0. The predicted molar refractivity (Wildman–Crippen MR) is 222 cm³/mol. The summed E-state index contributed by atoms with van der Waals surface area (Å²) < 4.78 is 37.1. The number of amides is 1. The first-order chi connectivity index (χ1) is 29.5. The molecule has 3 aliphatic carbocycles. The molecule has 0 aromatic heterocycles. The summed E-state index contributed by atoms with van der Waals surface area (Å²) in [7, 11) is 1.30. The number of methoxy groups -OCH3 is 1. The molecule has 0 radical (unpaired) electrons. The number of benzene rings is 3. The van der Waals surface area contributed by atoms with Crippen LogP contribution in [0.2, 0.25) is 0 Å². The van der Waals surface area contributed by atoms with Crippen molar-refractivity contribution in [2.24, 2.45) is 16.7 Å². The lowest BCUT2D eigenvalue weighted by Crippen LogP contribution is -2.81. The molecule has 2 saturated carbocycles. The molecule has 3 aromatic carbocycles. The first-order valence-corrected chi connectivity index (χ1v) is 20.9. The molecule has 1 aliphatic heterocycles. The average Bonchev–Trinajstić information content (AvgIpc) is 3.25. The van der Waals surface area contributed by atoms with Gasteiger partial charge in [0.15, 0.2) is 18.0 Å². The van der Waals surface area contributed by atoms with Crippen molar-refractivity contribution in [1.29, 1.82) is 0 Å². The Labute approximate surface area is 360 Å². The van der Waals surface area contributed by atoms with Crippen LogP contribution in [0.4, 0.5) is 0 Å². The van der Waals surface area contributed by atoms with E-state index in [-0.39, 0.29) is 36.3 Å². The lowest BCUT2D eigenvalue weighted by molar-refractivity contribution is -0.356. The molecule has 14 heteroatoms. The number of esters is 3. The Balaban J connectivity index is 1.39. The van der Waals surface area contributed by atoms with E-state index >= 15 is 4.79 Å². The fourth-order valence-electron chi connectivity index (χ4n) is 10.5. The van der Waals surface area contributed by atoms with Gasteiger partial charge in [-0.2, -0.15) is 0 Å². The van der Waals surface area contributed by atoms with E-state index in [0.717, 1.165) is 6.92 Å². The number of hydrogen-bond donors (Lipinski definition) is 3. The Hall–Kier alpha value is -5.25. The number of ketones is 1. The first-order valence-electron chi connectivity index (χ1n) is 20.9. The van der Waals surface area contributed by atoms with Gasteiger partial charge < -0.3 is 44.0 Å². The molecule has 62 heavy (non-hydrogen) atoms. The van der Waals surface area contributed by atoms with Crippen LogP contribution in [0.1, 0.15) is 86.7 Å². The van der Waals surface area contributed by atoms with Crippen molar-refractivity contribution in [3.05, 3.63) is 119 Å². The second-order valence-corrected chi connectivity index (χ2v) is 17.4. The number of aliphatic hydroxyl groups is 2. The van der Waals surface area contributed by atoms with Gasteiger partial charge in [0.05, 0.1) is 35.8 Å². The molecule has 1 amide bonds. The Morgan fingerprint density at radius 3 is 2.03 bits per heavy atom. The van der Waals surface area contributed by atoms with Crippen LogP contribution in [0, 0.1) is 16.7 Å². The zero-order valence-corrected chi connectivity index (χ0v) is 36.0. The molecule has 2 bridgehead atoms.